The molecular formula is C13H16N4O3S. The van der Waals surface area contributed by atoms with Crippen molar-refractivity contribution in [3.8, 4) is 11.5 Å². The van der Waals surface area contributed by atoms with Gasteiger partial charge in [-0.05, 0) is 24.0 Å². The normalized spacial score (nSPS) is 23.7. The summed E-state index contributed by atoms with van der Waals surface area (Å²) in [4.78, 5) is 11.7. The highest BCUT2D eigenvalue weighted by molar-refractivity contribution is 7.99. The third-order valence-electron chi connectivity index (χ3n) is 3.24. The Kier molecular flexibility index (Phi) is 3.66. The first-order chi connectivity index (χ1) is 10.1. The van der Waals surface area contributed by atoms with Crippen molar-refractivity contribution in [2.45, 2.75) is 11.7 Å². The third kappa shape index (κ3) is 2.78. The van der Waals surface area contributed by atoms with Crippen LogP contribution in [0.3, 0.4) is 0 Å². The SMILES string of the molecule is C=C1NN[C@@](NCc2ccc3c(c2)OCO3)(SC)NC1=O. The molecule has 21 heavy (non-hydrogen) atoms. The first-order valence-electron chi connectivity index (χ1n) is 6.35. The van der Waals surface area contributed by atoms with Crippen LogP contribution < -0.4 is 31.0 Å². The van der Waals surface area contributed by atoms with Gasteiger partial charge in [-0.25, -0.2) is 0 Å². The van der Waals surface area contributed by atoms with Crippen molar-refractivity contribution in [1.29, 1.82) is 0 Å². The van der Waals surface area contributed by atoms with Crippen molar-refractivity contribution in [2.75, 3.05) is 13.0 Å². The van der Waals surface area contributed by atoms with Crippen LogP contribution in [0.5, 0.6) is 11.5 Å². The van der Waals surface area contributed by atoms with Gasteiger partial charge in [0.1, 0.15) is 5.70 Å². The second kappa shape index (κ2) is 5.47. The number of thioether (sulfide) groups is 1. The Morgan fingerprint density at radius 3 is 3.00 bits per heavy atom. The van der Waals surface area contributed by atoms with Crippen molar-refractivity contribution < 1.29 is 14.3 Å². The summed E-state index contributed by atoms with van der Waals surface area (Å²) < 4.78 is 10.6. The molecule has 1 aromatic rings. The molecule has 2 aliphatic rings. The van der Waals surface area contributed by atoms with E-state index in [9.17, 15) is 4.79 Å². The monoisotopic (exact) mass is 308 g/mol. The van der Waals surface area contributed by atoms with E-state index >= 15 is 0 Å². The molecule has 0 bridgehead atoms. The molecule has 3 rings (SSSR count). The first kappa shape index (κ1) is 14.1. The maximum Gasteiger partial charge on any atom is 0.271 e. The Morgan fingerprint density at radius 1 is 1.43 bits per heavy atom. The number of fused-ring (bicyclic) bond motifs is 1. The van der Waals surface area contributed by atoms with E-state index in [1.165, 1.54) is 11.8 Å². The van der Waals surface area contributed by atoms with Gasteiger partial charge in [0.2, 0.25) is 11.9 Å². The van der Waals surface area contributed by atoms with Crippen LogP contribution in [0, 0.1) is 0 Å². The summed E-state index contributed by atoms with van der Waals surface area (Å²) in [6.07, 6.45) is 1.88. The topological polar surface area (TPSA) is 83.7 Å². The predicted molar refractivity (Wildman–Crippen MR) is 79.2 cm³/mol. The molecule has 1 atom stereocenters. The summed E-state index contributed by atoms with van der Waals surface area (Å²) in [6.45, 7) is 4.39. The number of benzene rings is 1. The van der Waals surface area contributed by atoms with Gasteiger partial charge in [0, 0.05) is 6.54 Å². The number of carbonyl (C=O) groups is 1. The molecule has 0 unspecified atom stereocenters. The molecule has 0 saturated carbocycles. The standard InChI is InChI=1S/C13H16N4O3S/c1-8-12(18)15-13(21-2,17-16-8)14-6-9-3-4-10-11(5-9)20-7-19-10/h3-5,14,16-17H,1,6-7H2,2H3,(H,15,18)/t13-/m0/s1. The van der Waals surface area contributed by atoms with E-state index in [-0.39, 0.29) is 18.4 Å². The fourth-order valence-electron chi connectivity index (χ4n) is 2.03. The lowest BCUT2D eigenvalue weighted by molar-refractivity contribution is -0.121. The summed E-state index contributed by atoms with van der Waals surface area (Å²) in [5.74, 6) is 1.24. The summed E-state index contributed by atoms with van der Waals surface area (Å²) in [6, 6.07) is 5.74. The molecule has 4 N–H and O–H groups in total. The highest BCUT2D eigenvalue weighted by atomic mass is 32.2. The Morgan fingerprint density at radius 2 is 2.24 bits per heavy atom. The van der Waals surface area contributed by atoms with Crippen LogP contribution >= 0.6 is 11.8 Å². The van der Waals surface area contributed by atoms with Gasteiger partial charge in [0.05, 0.1) is 0 Å². The van der Waals surface area contributed by atoms with E-state index in [1.54, 1.807) is 0 Å². The zero-order chi connectivity index (χ0) is 14.9. The van der Waals surface area contributed by atoms with Crippen LogP contribution in [0.15, 0.2) is 30.5 Å². The number of hydrogen-bond acceptors (Lipinski definition) is 7. The smallest absolute Gasteiger partial charge is 0.271 e. The van der Waals surface area contributed by atoms with E-state index in [0.717, 1.165) is 17.1 Å². The summed E-state index contributed by atoms with van der Waals surface area (Å²) in [5, 5.41) is 5.30. The number of nitrogens with one attached hydrogen (secondary N) is 4. The maximum atomic E-state index is 11.7. The van der Waals surface area contributed by atoms with Gasteiger partial charge in [-0.2, -0.15) is 5.43 Å². The molecule has 0 radical (unpaired) electrons. The summed E-state index contributed by atoms with van der Waals surface area (Å²) in [7, 11) is 0. The minimum Gasteiger partial charge on any atom is -0.454 e. The molecule has 0 aliphatic carbocycles. The van der Waals surface area contributed by atoms with E-state index in [0.29, 0.717) is 6.54 Å². The van der Waals surface area contributed by atoms with E-state index in [4.69, 9.17) is 9.47 Å². The summed E-state index contributed by atoms with van der Waals surface area (Å²) >= 11 is 1.43. The Labute approximate surface area is 126 Å². The predicted octanol–water partition coefficient (Wildman–Crippen LogP) is 0.217. The number of carbonyl (C=O) groups excluding carboxylic acids is 1. The molecule has 1 amide bonds. The Hall–Kier alpha value is -1.90. The van der Waals surface area contributed by atoms with E-state index < -0.39 is 5.12 Å². The lowest BCUT2D eigenvalue weighted by atomic mass is 10.2. The van der Waals surface area contributed by atoms with Gasteiger partial charge < -0.3 is 20.2 Å². The van der Waals surface area contributed by atoms with Gasteiger partial charge in [-0.3, -0.25) is 10.1 Å². The number of rotatable bonds is 4. The highest BCUT2D eigenvalue weighted by Crippen LogP contribution is 2.32. The lowest BCUT2D eigenvalue weighted by Crippen LogP contribution is -2.72. The molecule has 1 saturated heterocycles. The quantitative estimate of drug-likeness (QED) is 0.468. The van der Waals surface area contributed by atoms with Crippen molar-refractivity contribution in [3.63, 3.8) is 0 Å². The molecule has 7 nitrogen and oxygen atoms in total. The van der Waals surface area contributed by atoms with Crippen LogP contribution in [0.2, 0.25) is 0 Å². The van der Waals surface area contributed by atoms with Gasteiger partial charge >= 0.3 is 0 Å². The van der Waals surface area contributed by atoms with Gasteiger partial charge in [0.25, 0.3) is 5.91 Å². The average molecular weight is 308 g/mol. The van der Waals surface area contributed by atoms with Crippen LogP contribution in [0.25, 0.3) is 0 Å². The van der Waals surface area contributed by atoms with Crippen molar-refractivity contribution in [1.82, 2.24) is 21.5 Å². The number of hydrogen-bond donors (Lipinski definition) is 4. The van der Waals surface area contributed by atoms with Crippen molar-refractivity contribution in [2.24, 2.45) is 0 Å². The zero-order valence-corrected chi connectivity index (χ0v) is 12.3. The minimum absolute atomic E-state index is 0.249. The van der Waals surface area contributed by atoms with Gasteiger partial charge in [-0.1, -0.05) is 12.6 Å². The third-order valence-corrected chi connectivity index (χ3v) is 4.20. The first-order valence-corrected chi connectivity index (χ1v) is 7.58. The van der Waals surface area contributed by atoms with Crippen LogP contribution in [-0.2, 0) is 11.3 Å². The summed E-state index contributed by atoms with van der Waals surface area (Å²) in [5.41, 5.74) is 7.07. The van der Waals surface area contributed by atoms with Gasteiger partial charge in [0.15, 0.2) is 11.5 Å². The zero-order valence-electron chi connectivity index (χ0n) is 11.5. The average Bonchev–Trinajstić information content (AvgIpc) is 2.96. The van der Waals surface area contributed by atoms with Crippen molar-refractivity contribution >= 4 is 17.7 Å². The van der Waals surface area contributed by atoms with E-state index in [2.05, 4.69) is 28.1 Å². The molecule has 112 valence electrons. The number of ether oxygens (including phenoxy) is 2. The molecule has 0 aromatic heterocycles. The van der Waals surface area contributed by atoms with Gasteiger partial charge in [-0.15, -0.1) is 11.8 Å². The maximum absolute atomic E-state index is 11.7. The fraction of sp³-hybridized carbons (Fsp3) is 0.308. The Balaban J connectivity index is 1.68. The number of amides is 1. The lowest BCUT2D eigenvalue weighted by Gasteiger charge is -2.39. The number of hydrazine groups is 1. The molecule has 1 fully saturated rings. The molecule has 2 aliphatic heterocycles. The van der Waals surface area contributed by atoms with Crippen LogP contribution in [0.1, 0.15) is 5.56 Å². The fourth-order valence-corrected chi connectivity index (χ4v) is 2.59. The minimum atomic E-state index is -0.797. The molecular weight excluding hydrogens is 292 g/mol. The molecule has 8 heteroatoms. The van der Waals surface area contributed by atoms with Crippen LogP contribution in [0.4, 0.5) is 0 Å². The molecule has 1 aromatic carbocycles. The highest BCUT2D eigenvalue weighted by Gasteiger charge is 2.35. The van der Waals surface area contributed by atoms with Crippen molar-refractivity contribution in [3.05, 3.63) is 36.0 Å². The second-order valence-electron chi connectivity index (χ2n) is 4.61. The molecule has 0 spiro atoms. The Bertz CT molecular complexity index is 595. The van der Waals surface area contributed by atoms with Crippen LogP contribution in [-0.4, -0.2) is 24.1 Å². The molecule has 2 heterocycles. The van der Waals surface area contributed by atoms with E-state index in [1.807, 2.05) is 24.5 Å². The second-order valence-corrected chi connectivity index (χ2v) is 5.63. The largest absolute Gasteiger partial charge is 0.454 e.